The molecule has 0 radical (unpaired) electrons. The summed E-state index contributed by atoms with van der Waals surface area (Å²) in [4.78, 5) is 49.5. The van der Waals surface area contributed by atoms with Gasteiger partial charge in [0.25, 0.3) is 0 Å². The summed E-state index contributed by atoms with van der Waals surface area (Å²) in [5.74, 6) is 0.768. The summed E-state index contributed by atoms with van der Waals surface area (Å²) in [5, 5.41) is 12.9. The molecule has 0 spiro atoms. The molecule has 9 nitrogen and oxygen atoms in total. The number of fused-ring (bicyclic) bond motifs is 2. The molecule has 1 atom stereocenters. The summed E-state index contributed by atoms with van der Waals surface area (Å²) >= 11 is 7.59. The van der Waals surface area contributed by atoms with E-state index >= 15 is 0 Å². The summed E-state index contributed by atoms with van der Waals surface area (Å²) in [6.45, 7) is 8.70. The van der Waals surface area contributed by atoms with Gasteiger partial charge in [-0.05, 0) is 75.6 Å². The Morgan fingerprint density at radius 1 is 1.15 bits per heavy atom. The maximum Gasteiger partial charge on any atom is 0.408 e. The zero-order valence-electron chi connectivity index (χ0n) is 23.1. The van der Waals surface area contributed by atoms with Crippen LogP contribution in [0.25, 0.3) is 10.8 Å². The molecule has 0 saturated carbocycles. The monoisotopic (exact) mass is 583 g/mol. The average Bonchev–Trinajstić information content (AvgIpc) is 3.44. The van der Waals surface area contributed by atoms with Crippen LogP contribution in [-0.2, 0) is 11.3 Å². The predicted octanol–water partition coefficient (Wildman–Crippen LogP) is 5.71. The molecule has 3 aromatic rings. The standard InChI is InChI=1S/C29H34ClN5O4S/c1-18-31-15-23-16-33(27(37)34(18)23)22-9-11-32(12-10-22)26(36)25(35(28(38)39)29(2,3)4)17-40-24-8-6-19-13-21(30)7-5-20(19)14-24/h5-8,13-15,22,25H,9-12,16-17H2,1-4H3,(H,38,39)/t25-/m1/s1. The number of hydrogen-bond donors (Lipinski definition) is 1. The average molecular weight is 584 g/mol. The summed E-state index contributed by atoms with van der Waals surface area (Å²) in [6, 6.07) is 10.8. The minimum atomic E-state index is -1.12. The van der Waals surface area contributed by atoms with Crippen LogP contribution in [0.2, 0.25) is 5.02 Å². The van der Waals surface area contributed by atoms with E-state index in [2.05, 4.69) is 4.98 Å². The van der Waals surface area contributed by atoms with Gasteiger partial charge in [0.05, 0.1) is 18.4 Å². The highest BCUT2D eigenvalue weighted by Gasteiger charge is 2.42. The molecule has 1 N–H and O–H groups in total. The molecule has 212 valence electrons. The lowest BCUT2D eigenvalue weighted by Crippen LogP contribution is -2.60. The van der Waals surface area contributed by atoms with E-state index in [1.165, 1.54) is 16.7 Å². The van der Waals surface area contributed by atoms with Crippen molar-refractivity contribution < 1.29 is 19.5 Å². The minimum absolute atomic E-state index is 0.0213. The number of carbonyl (C=O) groups excluding carboxylic acids is 2. The first-order valence-electron chi connectivity index (χ1n) is 13.4. The van der Waals surface area contributed by atoms with Crippen LogP contribution in [0.4, 0.5) is 9.59 Å². The molecule has 11 heteroatoms. The van der Waals surface area contributed by atoms with Crippen LogP contribution in [0, 0.1) is 6.92 Å². The number of aryl methyl sites for hydroxylation is 1. The number of likely N-dealkylation sites (tertiary alicyclic amines) is 1. The number of benzene rings is 2. The van der Waals surface area contributed by atoms with Crippen LogP contribution in [-0.4, -0.2) is 83.9 Å². The van der Waals surface area contributed by atoms with E-state index in [0.29, 0.717) is 43.3 Å². The molecule has 40 heavy (non-hydrogen) atoms. The van der Waals surface area contributed by atoms with Gasteiger partial charge in [-0.25, -0.2) is 14.6 Å². The fraction of sp³-hybridized carbons (Fsp3) is 0.448. The van der Waals surface area contributed by atoms with Gasteiger partial charge in [0, 0.05) is 40.3 Å². The molecule has 3 heterocycles. The van der Waals surface area contributed by atoms with Crippen LogP contribution >= 0.6 is 23.4 Å². The van der Waals surface area contributed by atoms with Gasteiger partial charge in [0.1, 0.15) is 11.9 Å². The molecule has 2 aliphatic rings. The second kappa shape index (κ2) is 11.0. The second-order valence-electron chi connectivity index (χ2n) is 11.4. The Morgan fingerprint density at radius 2 is 1.82 bits per heavy atom. The fourth-order valence-electron chi connectivity index (χ4n) is 5.73. The van der Waals surface area contributed by atoms with Gasteiger partial charge >= 0.3 is 12.1 Å². The van der Waals surface area contributed by atoms with E-state index in [9.17, 15) is 19.5 Å². The number of nitrogens with zero attached hydrogens (tertiary/aromatic N) is 5. The number of carboxylic acid groups (broad SMARTS) is 1. The van der Waals surface area contributed by atoms with Crippen LogP contribution in [0.5, 0.6) is 0 Å². The summed E-state index contributed by atoms with van der Waals surface area (Å²) in [7, 11) is 0. The molecular weight excluding hydrogens is 550 g/mol. The van der Waals surface area contributed by atoms with Crippen molar-refractivity contribution in [1.29, 1.82) is 0 Å². The van der Waals surface area contributed by atoms with Crippen LogP contribution in [0.15, 0.2) is 47.5 Å². The number of imidazole rings is 1. The number of amides is 3. The molecule has 1 fully saturated rings. The molecule has 0 bridgehead atoms. The van der Waals surface area contributed by atoms with Gasteiger partial charge in [-0.15, -0.1) is 11.8 Å². The second-order valence-corrected chi connectivity index (χ2v) is 12.9. The van der Waals surface area contributed by atoms with Crippen molar-refractivity contribution in [3.05, 3.63) is 59.1 Å². The zero-order valence-corrected chi connectivity index (χ0v) is 24.7. The number of piperidine rings is 1. The highest BCUT2D eigenvalue weighted by Crippen LogP contribution is 2.31. The number of carbonyl (C=O) groups is 3. The summed E-state index contributed by atoms with van der Waals surface area (Å²) in [5.41, 5.74) is 0.115. The minimum Gasteiger partial charge on any atom is -0.465 e. The van der Waals surface area contributed by atoms with Crippen molar-refractivity contribution >= 4 is 52.2 Å². The molecule has 5 rings (SSSR count). The van der Waals surface area contributed by atoms with Crippen molar-refractivity contribution in [2.75, 3.05) is 18.8 Å². The highest BCUT2D eigenvalue weighted by atomic mass is 35.5. The molecule has 3 amide bonds. The first-order chi connectivity index (χ1) is 18.9. The third-order valence-corrected chi connectivity index (χ3v) is 9.01. The molecule has 1 saturated heterocycles. The topological polar surface area (TPSA) is 99.0 Å². The first-order valence-corrected chi connectivity index (χ1v) is 14.8. The van der Waals surface area contributed by atoms with Gasteiger partial charge < -0.3 is 14.9 Å². The van der Waals surface area contributed by atoms with Crippen molar-refractivity contribution in [3.63, 3.8) is 0 Å². The zero-order chi connectivity index (χ0) is 28.8. The smallest absolute Gasteiger partial charge is 0.408 e. The summed E-state index contributed by atoms with van der Waals surface area (Å²) < 4.78 is 1.65. The maximum atomic E-state index is 13.9. The molecule has 0 aliphatic carbocycles. The lowest BCUT2D eigenvalue weighted by Gasteiger charge is -2.42. The van der Waals surface area contributed by atoms with Gasteiger partial charge in [0.2, 0.25) is 5.91 Å². The first kappa shape index (κ1) is 28.3. The van der Waals surface area contributed by atoms with Crippen LogP contribution < -0.4 is 0 Å². The lowest BCUT2D eigenvalue weighted by molar-refractivity contribution is -0.138. The normalized spacial score (nSPS) is 16.9. The number of aromatic nitrogens is 2. The number of rotatable bonds is 6. The van der Waals surface area contributed by atoms with E-state index in [1.807, 2.05) is 69.0 Å². The van der Waals surface area contributed by atoms with E-state index in [0.717, 1.165) is 21.4 Å². The molecule has 2 aromatic carbocycles. The number of hydrogen-bond acceptors (Lipinski definition) is 5. The summed E-state index contributed by atoms with van der Waals surface area (Å²) in [6.07, 6.45) is 1.91. The van der Waals surface area contributed by atoms with Gasteiger partial charge in [-0.1, -0.05) is 23.7 Å². The highest BCUT2D eigenvalue weighted by molar-refractivity contribution is 7.99. The van der Waals surface area contributed by atoms with E-state index in [1.54, 1.807) is 15.7 Å². The fourth-order valence-corrected chi connectivity index (χ4v) is 6.93. The van der Waals surface area contributed by atoms with Crippen LogP contribution in [0.3, 0.4) is 0 Å². The Bertz CT molecular complexity index is 1460. The molecule has 0 unspecified atom stereocenters. The Morgan fingerprint density at radius 3 is 2.48 bits per heavy atom. The van der Waals surface area contributed by atoms with Gasteiger partial charge in [0.15, 0.2) is 0 Å². The SMILES string of the molecule is Cc1ncc2n1C(=O)N(C1CCN(C(=O)[C@@H](CSc3ccc4cc(Cl)ccc4c3)N(C(=O)O)C(C)(C)C)CC1)C2. The molecular formula is C29H34ClN5O4S. The van der Waals surface area contributed by atoms with E-state index in [-0.39, 0.29) is 23.7 Å². The third kappa shape index (κ3) is 5.51. The quantitative estimate of drug-likeness (QED) is 0.373. The van der Waals surface area contributed by atoms with Crippen molar-refractivity contribution in [2.24, 2.45) is 0 Å². The Labute approximate surface area is 243 Å². The van der Waals surface area contributed by atoms with Gasteiger partial charge in [-0.3, -0.25) is 14.3 Å². The number of halogens is 1. The number of thioether (sulfide) groups is 1. The molecule has 2 aliphatic heterocycles. The Kier molecular flexibility index (Phi) is 7.76. The van der Waals surface area contributed by atoms with Gasteiger partial charge in [-0.2, -0.15) is 0 Å². The van der Waals surface area contributed by atoms with Crippen LogP contribution in [0.1, 0.15) is 45.1 Å². The molecule has 1 aromatic heterocycles. The Hall–Kier alpha value is -3.24. The van der Waals surface area contributed by atoms with Crippen molar-refractivity contribution in [1.82, 2.24) is 24.3 Å². The van der Waals surface area contributed by atoms with Crippen molar-refractivity contribution in [2.45, 2.75) is 69.6 Å². The maximum absolute atomic E-state index is 13.9. The largest absolute Gasteiger partial charge is 0.465 e. The van der Waals surface area contributed by atoms with Crippen molar-refractivity contribution in [3.8, 4) is 0 Å². The van der Waals surface area contributed by atoms with E-state index < -0.39 is 17.7 Å². The lowest BCUT2D eigenvalue weighted by atomic mass is 10.0. The predicted molar refractivity (Wildman–Crippen MR) is 156 cm³/mol. The third-order valence-electron chi connectivity index (χ3n) is 7.70. The van der Waals surface area contributed by atoms with E-state index in [4.69, 9.17) is 11.6 Å². The Balaban J connectivity index is 1.30.